The molecule has 6 heteroatoms. The first-order valence-corrected chi connectivity index (χ1v) is 7.05. The van der Waals surface area contributed by atoms with Gasteiger partial charge >= 0.3 is 0 Å². The molecule has 0 radical (unpaired) electrons. The van der Waals surface area contributed by atoms with Gasteiger partial charge in [-0.15, -0.1) is 0 Å². The van der Waals surface area contributed by atoms with E-state index in [4.69, 9.17) is 11.6 Å². The minimum absolute atomic E-state index is 0.256. The van der Waals surface area contributed by atoms with Gasteiger partial charge in [-0.05, 0) is 26.3 Å². The largest absolute Gasteiger partial charge is 0.353 e. The molecule has 0 bridgehead atoms. The van der Waals surface area contributed by atoms with Gasteiger partial charge in [-0.1, -0.05) is 11.6 Å². The summed E-state index contributed by atoms with van der Waals surface area (Å²) in [6.45, 7) is 5.85. The molecule has 0 saturated carbocycles. The van der Waals surface area contributed by atoms with Gasteiger partial charge in [-0.25, -0.2) is 9.97 Å². The molecule has 0 amide bonds. The van der Waals surface area contributed by atoms with Gasteiger partial charge in [0.1, 0.15) is 16.8 Å². The number of rotatable bonds is 2. The van der Waals surface area contributed by atoms with Crippen molar-refractivity contribution in [3.8, 4) is 0 Å². The minimum Gasteiger partial charge on any atom is -0.353 e. The van der Waals surface area contributed by atoms with Crippen molar-refractivity contribution in [1.82, 2.24) is 14.9 Å². The van der Waals surface area contributed by atoms with E-state index in [1.54, 1.807) is 6.92 Å². The van der Waals surface area contributed by atoms with Gasteiger partial charge in [-0.2, -0.15) is 0 Å². The van der Waals surface area contributed by atoms with Crippen molar-refractivity contribution in [2.45, 2.75) is 25.8 Å². The summed E-state index contributed by atoms with van der Waals surface area (Å²) < 4.78 is 0. The highest BCUT2D eigenvalue weighted by Crippen LogP contribution is 2.28. The maximum atomic E-state index is 11.2. The van der Waals surface area contributed by atoms with E-state index in [1.807, 2.05) is 0 Å². The highest BCUT2D eigenvalue weighted by atomic mass is 35.5. The second-order valence-electron chi connectivity index (χ2n) is 5.19. The zero-order valence-corrected chi connectivity index (χ0v) is 11.7. The summed E-state index contributed by atoms with van der Waals surface area (Å²) in [5, 5.41) is 0.256. The van der Waals surface area contributed by atoms with Crippen LogP contribution in [0.2, 0.25) is 5.15 Å². The van der Waals surface area contributed by atoms with Crippen LogP contribution in [0.5, 0.6) is 0 Å². The molecule has 0 aliphatic carbocycles. The van der Waals surface area contributed by atoms with Crippen LogP contribution in [-0.2, 0) is 0 Å². The SMILES string of the molecule is Cc1nc(Cl)c(C=O)c(N2CCN3CCCC3C2)n1. The zero-order valence-electron chi connectivity index (χ0n) is 11.0. The molecule has 102 valence electrons. The number of nitrogens with zero attached hydrogens (tertiary/aromatic N) is 4. The van der Waals surface area contributed by atoms with Crippen LogP contribution in [0.15, 0.2) is 0 Å². The third kappa shape index (κ3) is 2.32. The second-order valence-corrected chi connectivity index (χ2v) is 5.55. The van der Waals surface area contributed by atoms with E-state index in [9.17, 15) is 4.79 Å². The van der Waals surface area contributed by atoms with Gasteiger partial charge in [0.05, 0.1) is 5.56 Å². The molecule has 1 aromatic heterocycles. The number of carbonyl (C=O) groups excluding carboxylic acids is 1. The quantitative estimate of drug-likeness (QED) is 0.607. The first-order valence-electron chi connectivity index (χ1n) is 6.67. The summed E-state index contributed by atoms with van der Waals surface area (Å²) in [4.78, 5) is 24.4. The Balaban J connectivity index is 1.91. The summed E-state index contributed by atoms with van der Waals surface area (Å²) in [5.74, 6) is 1.30. The molecule has 2 saturated heterocycles. The number of anilines is 1. The van der Waals surface area contributed by atoms with Crippen molar-refractivity contribution < 1.29 is 4.79 Å². The van der Waals surface area contributed by atoms with Gasteiger partial charge in [0.2, 0.25) is 0 Å². The zero-order chi connectivity index (χ0) is 13.4. The summed E-state index contributed by atoms with van der Waals surface area (Å²) in [5.41, 5.74) is 0.415. The molecule has 0 aromatic carbocycles. The van der Waals surface area contributed by atoms with Crippen molar-refractivity contribution in [3.05, 3.63) is 16.5 Å². The predicted molar refractivity (Wildman–Crippen MR) is 74.0 cm³/mol. The molecule has 3 rings (SSSR count). The molecule has 3 heterocycles. The van der Waals surface area contributed by atoms with Crippen LogP contribution in [0.1, 0.15) is 29.0 Å². The Kier molecular flexibility index (Phi) is 3.41. The van der Waals surface area contributed by atoms with Crippen LogP contribution in [0.3, 0.4) is 0 Å². The summed E-state index contributed by atoms with van der Waals surface area (Å²) in [6.07, 6.45) is 3.26. The molecule has 2 fully saturated rings. The van der Waals surface area contributed by atoms with E-state index < -0.39 is 0 Å². The highest BCUT2D eigenvalue weighted by molar-refractivity contribution is 6.32. The fraction of sp³-hybridized carbons (Fsp3) is 0.615. The predicted octanol–water partition coefficient (Wildman–Crippen LogP) is 1.54. The molecule has 19 heavy (non-hydrogen) atoms. The van der Waals surface area contributed by atoms with E-state index in [2.05, 4.69) is 19.8 Å². The third-order valence-electron chi connectivity index (χ3n) is 4.00. The van der Waals surface area contributed by atoms with Gasteiger partial charge in [-0.3, -0.25) is 9.69 Å². The van der Waals surface area contributed by atoms with E-state index in [1.165, 1.54) is 19.4 Å². The first-order chi connectivity index (χ1) is 9.19. The summed E-state index contributed by atoms with van der Waals surface area (Å²) >= 11 is 6.05. The fourth-order valence-electron chi connectivity index (χ4n) is 3.06. The van der Waals surface area contributed by atoms with Gasteiger partial charge in [0.25, 0.3) is 0 Å². The Morgan fingerprint density at radius 1 is 1.32 bits per heavy atom. The maximum absolute atomic E-state index is 11.2. The van der Waals surface area contributed by atoms with E-state index >= 15 is 0 Å². The maximum Gasteiger partial charge on any atom is 0.156 e. The normalized spacial score (nSPS) is 23.5. The number of fused-ring (bicyclic) bond motifs is 1. The van der Waals surface area contributed by atoms with Crippen molar-refractivity contribution in [2.24, 2.45) is 0 Å². The number of aryl methyl sites for hydroxylation is 1. The smallest absolute Gasteiger partial charge is 0.156 e. The number of piperazine rings is 1. The number of carbonyl (C=O) groups is 1. The van der Waals surface area contributed by atoms with Crippen LogP contribution in [-0.4, -0.2) is 53.4 Å². The van der Waals surface area contributed by atoms with E-state index in [0.29, 0.717) is 23.2 Å². The number of halogens is 1. The Labute approximate surface area is 117 Å². The molecule has 2 aliphatic heterocycles. The lowest BCUT2D eigenvalue weighted by molar-refractivity contribution is 0.112. The molecular weight excluding hydrogens is 264 g/mol. The monoisotopic (exact) mass is 280 g/mol. The lowest BCUT2D eigenvalue weighted by Crippen LogP contribution is -2.50. The van der Waals surface area contributed by atoms with E-state index in [0.717, 1.165) is 25.9 Å². The fourth-order valence-corrected chi connectivity index (χ4v) is 3.31. The molecular formula is C13H17ClN4O. The van der Waals surface area contributed by atoms with E-state index in [-0.39, 0.29) is 5.15 Å². The average molecular weight is 281 g/mol. The molecule has 5 nitrogen and oxygen atoms in total. The first kappa shape index (κ1) is 12.8. The molecule has 2 aliphatic rings. The lowest BCUT2D eigenvalue weighted by Gasteiger charge is -2.38. The minimum atomic E-state index is 0.256. The van der Waals surface area contributed by atoms with Gasteiger partial charge < -0.3 is 4.90 Å². The molecule has 0 N–H and O–H groups in total. The Hall–Kier alpha value is -1.20. The van der Waals surface area contributed by atoms with Gasteiger partial charge in [0, 0.05) is 25.7 Å². The Morgan fingerprint density at radius 2 is 2.16 bits per heavy atom. The van der Waals surface area contributed by atoms with Crippen molar-refractivity contribution in [3.63, 3.8) is 0 Å². The van der Waals surface area contributed by atoms with Crippen LogP contribution < -0.4 is 4.90 Å². The highest BCUT2D eigenvalue weighted by Gasteiger charge is 2.32. The lowest BCUT2D eigenvalue weighted by atomic mass is 10.1. The Bertz CT molecular complexity index is 508. The van der Waals surface area contributed by atoms with Crippen molar-refractivity contribution in [1.29, 1.82) is 0 Å². The molecule has 0 spiro atoms. The van der Waals surface area contributed by atoms with Crippen LogP contribution >= 0.6 is 11.6 Å². The molecule has 1 unspecified atom stereocenters. The summed E-state index contributed by atoms with van der Waals surface area (Å²) in [6, 6.07) is 0.585. The van der Waals surface area contributed by atoms with Crippen molar-refractivity contribution in [2.75, 3.05) is 31.1 Å². The van der Waals surface area contributed by atoms with Crippen molar-refractivity contribution >= 4 is 23.7 Å². The van der Waals surface area contributed by atoms with Crippen LogP contribution in [0.4, 0.5) is 5.82 Å². The topological polar surface area (TPSA) is 49.3 Å². The number of aldehydes is 1. The number of hydrogen-bond acceptors (Lipinski definition) is 5. The summed E-state index contributed by atoms with van der Waals surface area (Å²) in [7, 11) is 0. The standard InChI is InChI=1S/C13H17ClN4O/c1-9-15-12(14)11(8-19)13(16-9)18-6-5-17-4-2-3-10(17)7-18/h8,10H,2-7H2,1H3. The van der Waals surface area contributed by atoms with Crippen LogP contribution in [0.25, 0.3) is 0 Å². The average Bonchev–Trinajstić information content (AvgIpc) is 2.85. The molecule has 1 atom stereocenters. The second kappa shape index (κ2) is 5.06. The van der Waals surface area contributed by atoms with Gasteiger partial charge in [0.15, 0.2) is 6.29 Å². The number of hydrogen-bond donors (Lipinski definition) is 0. The third-order valence-corrected chi connectivity index (χ3v) is 4.28. The Morgan fingerprint density at radius 3 is 2.95 bits per heavy atom. The number of aromatic nitrogens is 2. The molecule has 1 aromatic rings. The van der Waals surface area contributed by atoms with Crippen LogP contribution in [0, 0.1) is 6.92 Å².